The molecule has 0 aliphatic heterocycles. The van der Waals surface area contributed by atoms with E-state index in [0.29, 0.717) is 12.1 Å². The molecule has 1 rings (SSSR count). The number of nitrogens with one attached hydrogen (secondary N) is 2. The number of alkyl halides is 3. The summed E-state index contributed by atoms with van der Waals surface area (Å²) in [6.07, 6.45) is -4.69. The van der Waals surface area contributed by atoms with Crippen LogP contribution in [0.1, 0.15) is 17.3 Å². The van der Waals surface area contributed by atoms with E-state index in [1.165, 1.54) is 5.32 Å². The minimum atomic E-state index is -4.69. The van der Waals surface area contributed by atoms with Gasteiger partial charge < -0.3 is 20.5 Å². The van der Waals surface area contributed by atoms with Crippen molar-refractivity contribution < 1.29 is 41.8 Å². The van der Waals surface area contributed by atoms with Crippen molar-refractivity contribution in [2.45, 2.75) is 13.1 Å². The fourth-order valence-corrected chi connectivity index (χ4v) is 1.50. The van der Waals surface area contributed by atoms with Crippen molar-refractivity contribution in [1.29, 1.82) is 0 Å². The Morgan fingerprint density at radius 2 is 1.88 bits per heavy atom. The van der Waals surface area contributed by atoms with Crippen LogP contribution in [0, 0.1) is 5.82 Å². The molecule has 0 bridgehead atoms. The number of phenols is 1. The first kappa shape index (κ1) is 19.2. The van der Waals surface area contributed by atoms with Gasteiger partial charge in [0.1, 0.15) is 12.4 Å². The smallest absolute Gasteiger partial charge is 0.405 e. The fraction of sp³-hybridized carbons (Fsp3) is 0.308. The van der Waals surface area contributed by atoms with Gasteiger partial charge in [0.05, 0.1) is 11.3 Å². The van der Waals surface area contributed by atoms with Crippen LogP contribution in [0.5, 0.6) is 5.75 Å². The molecule has 24 heavy (non-hydrogen) atoms. The van der Waals surface area contributed by atoms with Gasteiger partial charge >= 0.3 is 12.1 Å². The van der Waals surface area contributed by atoms with Gasteiger partial charge in [-0.3, -0.25) is 14.4 Å². The number of carbonyl (C=O) groups excluding carboxylic acids is 3. The molecule has 0 unspecified atom stereocenters. The molecule has 3 N–H and O–H groups in total. The molecular weight excluding hydrogens is 340 g/mol. The zero-order valence-corrected chi connectivity index (χ0v) is 12.2. The highest BCUT2D eigenvalue weighted by Gasteiger charge is 2.29. The SMILES string of the molecule is CC(=O)OCC(=O)Nc1cc(F)cc(C(=O)NCC(F)(F)F)c1O. The predicted molar refractivity (Wildman–Crippen MR) is 71.7 cm³/mol. The molecule has 0 saturated heterocycles. The number of ether oxygens (including phenoxy) is 1. The molecule has 0 aliphatic carbocycles. The van der Waals surface area contributed by atoms with E-state index in [1.807, 2.05) is 5.32 Å². The number of amides is 2. The number of esters is 1. The summed E-state index contributed by atoms with van der Waals surface area (Å²) in [5.74, 6) is -5.13. The van der Waals surface area contributed by atoms with Crippen molar-refractivity contribution in [2.75, 3.05) is 18.5 Å². The number of phenolic OH excluding ortho intramolecular Hbond substituents is 1. The van der Waals surface area contributed by atoms with Crippen LogP contribution < -0.4 is 10.6 Å². The van der Waals surface area contributed by atoms with E-state index in [1.54, 1.807) is 0 Å². The Bertz CT molecular complexity index is 660. The van der Waals surface area contributed by atoms with Crippen LogP contribution in [0.3, 0.4) is 0 Å². The zero-order valence-electron chi connectivity index (χ0n) is 12.2. The molecule has 0 aliphatic rings. The van der Waals surface area contributed by atoms with Crippen LogP contribution in [0.25, 0.3) is 0 Å². The minimum Gasteiger partial charge on any atom is -0.505 e. The third-order valence-electron chi connectivity index (χ3n) is 2.45. The predicted octanol–water partition coefficient (Wildman–Crippen LogP) is 1.32. The highest BCUT2D eigenvalue weighted by molar-refractivity contribution is 6.01. The van der Waals surface area contributed by atoms with Crippen molar-refractivity contribution >= 4 is 23.5 Å². The molecule has 0 radical (unpaired) electrons. The van der Waals surface area contributed by atoms with Gasteiger partial charge in [-0.25, -0.2) is 4.39 Å². The lowest BCUT2D eigenvalue weighted by atomic mass is 10.1. The second kappa shape index (κ2) is 7.62. The Balaban J connectivity index is 2.93. The standard InChI is InChI=1S/C13H12F4N2O5/c1-6(20)24-4-10(21)19-9-3-7(14)2-8(11(9)22)12(23)18-5-13(15,16)17/h2-3,22H,4-5H2,1H3,(H,18,23)(H,19,21). The van der Waals surface area contributed by atoms with E-state index < -0.39 is 59.9 Å². The van der Waals surface area contributed by atoms with Crippen LogP contribution in [-0.2, 0) is 14.3 Å². The summed E-state index contributed by atoms with van der Waals surface area (Å²) < 4.78 is 54.0. The summed E-state index contributed by atoms with van der Waals surface area (Å²) in [4.78, 5) is 33.6. The maximum absolute atomic E-state index is 13.5. The van der Waals surface area contributed by atoms with Crippen molar-refractivity contribution in [1.82, 2.24) is 5.32 Å². The van der Waals surface area contributed by atoms with E-state index in [4.69, 9.17) is 0 Å². The second-order valence-corrected chi connectivity index (χ2v) is 4.48. The van der Waals surface area contributed by atoms with E-state index in [-0.39, 0.29) is 0 Å². The number of rotatable bonds is 5. The second-order valence-electron chi connectivity index (χ2n) is 4.48. The van der Waals surface area contributed by atoms with E-state index in [9.17, 15) is 37.1 Å². The van der Waals surface area contributed by atoms with E-state index in [2.05, 4.69) is 4.74 Å². The molecule has 0 aromatic heterocycles. The molecule has 0 atom stereocenters. The first-order valence-corrected chi connectivity index (χ1v) is 6.30. The van der Waals surface area contributed by atoms with Crippen LogP contribution >= 0.6 is 0 Å². The average Bonchev–Trinajstić information content (AvgIpc) is 2.45. The lowest BCUT2D eigenvalue weighted by Crippen LogP contribution is -2.33. The van der Waals surface area contributed by atoms with Gasteiger partial charge in [0, 0.05) is 13.0 Å². The topological polar surface area (TPSA) is 105 Å². The Labute approximate surface area is 132 Å². The van der Waals surface area contributed by atoms with Gasteiger partial charge in [-0.05, 0) is 6.07 Å². The molecule has 132 valence electrons. The lowest BCUT2D eigenvalue weighted by Gasteiger charge is -2.13. The number of benzene rings is 1. The maximum Gasteiger partial charge on any atom is 0.405 e. The molecule has 0 heterocycles. The molecular formula is C13H12F4N2O5. The summed E-state index contributed by atoms with van der Waals surface area (Å²) in [5, 5.41) is 13.2. The number of carbonyl (C=O) groups is 3. The Morgan fingerprint density at radius 1 is 1.25 bits per heavy atom. The molecule has 0 saturated carbocycles. The molecule has 0 fully saturated rings. The van der Waals surface area contributed by atoms with E-state index in [0.717, 1.165) is 6.92 Å². The Hall–Kier alpha value is -2.85. The molecule has 1 aromatic carbocycles. The Kier molecular flexibility index (Phi) is 6.09. The average molecular weight is 352 g/mol. The molecule has 2 amide bonds. The van der Waals surface area contributed by atoms with E-state index >= 15 is 0 Å². The largest absolute Gasteiger partial charge is 0.505 e. The van der Waals surface area contributed by atoms with Gasteiger partial charge in [-0.15, -0.1) is 0 Å². The third-order valence-corrected chi connectivity index (χ3v) is 2.45. The monoisotopic (exact) mass is 352 g/mol. The van der Waals surface area contributed by atoms with Crippen LogP contribution in [0.15, 0.2) is 12.1 Å². The van der Waals surface area contributed by atoms with Crippen LogP contribution in [0.2, 0.25) is 0 Å². The van der Waals surface area contributed by atoms with Crippen molar-refractivity contribution in [3.63, 3.8) is 0 Å². The number of halogens is 4. The summed E-state index contributed by atoms with van der Waals surface area (Å²) in [5.41, 5.74) is -1.37. The lowest BCUT2D eigenvalue weighted by molar-refractivity contribution is -0.144. The van der Waals surface area contributed by atoms with Crippen molar-refractivity contribution in [3.05, 3.63) is 23.5 Å². The van der Waals surface area contributed by atoms with Gasteiger partial charge in [-0.1, -0.05) is 0 Å². The summed E-state index contributed by atoms with van der Waals surface area (Å²) in [6, 6.07) is 1.14. The molecule has 1 aromatic rings. The van der Waals surface area contributed by atoms with Gasteiger partial charge in [0.2, 0.25) is 0 Å². The molecule has 0 spiro atoms. The summed E-state index contributed by atoms with van der Waals surface area (Å²) >= 11 is 0. The Morgan fingerprint density at radius 3 is 2.42 bits per heavy atom. The minimum absolute atomic E-state index is 0.503. The summed E-state index contributed by atoms with van der Waals surface area (Å²) in [7, 11) is 0. The fourth-order valence-electron chi connectivity index (χ4n) is 1.50. The first-order chi connectivity index (χ1) is 11.0. The maximum atomic E-state index is 13.5. The highest BCUT2D eigenvalue weighted by atomic mass is 19.4. The number of hydrogen-bond donors (Lipinski definition) is 3. The number of anilines is 1. The van der Waals surface area contributed by atoms with Gasteiger partial charge in [-0.2, -0.15) is 13.2 Å². The first-order valence-electron chi connectivity index (χ1n) is 6.30. The van der Waals surface area contributed by atoms with Gasteiger partial charge in [0.25, 0.3) is 11.8 Å². The number of aromatic hydroxyl groups is 1. The normalized spacial score (nSPS) is 10.9. The highest BCUT2D eigenvalue weighted by Crippen LogP contribution is 2.29. The zero-order chi connectivity index (χ0) is 18.5. The quantitative estimate of drug-likeness (QED) is 0.421. The van der Waals surface area contributed by atoms with Crippen molar-refractivity contribution in [2.24, 2.45) is 0 Å². The number of hydrogen-bond acceptors (Lipinski definition) is 5. The summed E-state index contributed by atoms with van der Waals surface area (Å²) in [6.45, 7) is -1.38. The van der Waals surface area contributed by atoms with Crippen LogP contribution in [0.4, 0.5) is 23.2 Å². The van der Waals surface area contributed by atoms with Gasteiger partial charge in [0.15, 0.2) is 12.4 Å². The molecule has 11 heteroatoms. The molecule has 7 nitrogen and oxygen atoms in total. The third kappa shape index (κ3) is 6.10. The van der Waals surface area contributed by atoms with Crippen molar-refractivity contribution in [3.8, 4) is 5.75 Å². The van der Waals surface area contributed by atoms with Crippen LogP contribution in [-0.4, -0.2) is 42.2 Å².